The van der Waals surface area contributed by atoms with E-state index in [2.05, 4.69) is 18.0 Å². The molecule has 0 aromatic carbocycles. The van der Waals surface area contributed by atoms with Crippen LogP contribution in [0.1, 0.15) is 57.2 Å². The molecule has 23 heavy (non-hydrogen) atoms. The van der Waals surface area contributed by atoms with Crippen molar-refractivity contribution in [1.29, 1.82) is 0 Å². The zero-order valence-corrected chi connectivity index (χ0v) is 15.2. The summed E-state index contributed by atoms with van der Waals surface area (Å²) in [5.41, 5.74) is 1.83. The zero-order valence-electron chi connectivity index (χ0n) is 15.2. The van der Waals surface area contributed by atoms with E-state index in [-0.39, 0.29) is 12.1 Å². The van der Waals surface area contributed by atoms with Gasteiger partial charge < -0.3 is 14.5 Å². The highest BCUT2D eigenvalue weighted by atomic mass is 16.6. The van der Waals surface area contributed by atoms with Gasteiger partial charge in [0.25, 0.3) is 0 Å². The average Bonchev–Trinajstić information content (AvgIpc) is 2.45. The summed E-state index contributed by atoms with van der Waals surface area (Å²) in [5, 5.41) is 0. The summed E-state index contributed by atoms with van der Waals surface area (Å²) in [6.45, 7) is 8.55. The average molecular weight is 319 g/mol. The number of ether oxygens (including phenoxy) is 1. The Hall–Kier alpha value is -1.78. The molecule has 0 aliphatic carbocycles. The van der Waals surface area contributed by atoms with Crippen LogP contribution in [0.2, 0.25) is 0 Å². The second-order valence-corrected chi connectivity index (χ2v) is 7.48. The molecule has 2 rings (SSSR count). The lowest BCUT2D eigenvalue weighted by Gasteiger charge is -2.37. The summed E-state index contributed by atoms with van der Waals surface area (Å²) >= 11 is 0. The first kappa shape index (κ1) is 17.6. The normalized spacial score (nSPS) is 18.7. The van der Waals surface area contributed by atoms with Crippen LogP contribution < -0.4 is 4.90 Å². The Bertz CT molecular complexity index is 564. The third kappa shape index (κ3) is 4.36. The van der Waals surface area contributed by atoms with Gasteiger partial charge in [0.15, 0.2) is 0 Å². The van der Waals surface area contributed by atoms with Crippen LogP contribution >= 0.6 is 0 Å². The zero-order chi connectivity index (χ0) is 17.2. The lowest BCUT2D eigenvalue weighted by atomic mass is 9.94. The number of rotatable bonds is 2. The predicted octanol–water partition coefficient (Wildman–Crippen LogP) is 3.92. The number of hydrogen-bond acceptors (Lipinski definition) is 4. The molecule has 128 valence electrons. The standard InChI is InChI=1S/C18H29N3O2/c1-13-11-16(20(5)6)19-12-14(13)15-9-7-8-10-21(15)17(22)23-18(2,3)4/h11-12,15H,7-10H2,1-6H3/t15-/m1/s1. The van der Waals surface area contributed by atoms with Crippen molar-refractivity contribution >= 4 is 11.9 Å². The maximum absolute atomic E-state index is 12.6. The highest BCUT2D eigenvalue weighted by molar-refractivity contribution is 5.69. The third-order valence-electron chi connectivity index (χ3n) is 4.08. The van der Waals surface area contributed by atoms with Crippen LogP contribution in [-0.2, 0) is 4.74 Å². The predicted molar refractivity (Wildman–Crippen MR) is 92.8 cm³/mol. The van der Waals surface area contributed by atoms with E-state index in [0.717, 1.165) is 37.2 Å². The van der Waals surface area contributed by atoms with Gasteiger partial charge in [-0.15, -0.1) is 0 Å². The number of amides is 1. The van der Waals surface area contributed by atoms with Gasteiger partial charge in [-0.05, 0) is 64.2 Å². The van der Waals surface area contributed by atoms with E-state index in [1.807, 2.05) is 50.9 Å². The minimum atomic E-state index is -0.471. The van der Waals surface area contributed by atoms with Gasteiger partial charge in [-0.25, -0.2) is 9.78 Å². The number of nitrogens with zero attached hydrogens (tertiary/aromatic N) is 3. The van der Waals surface area contributed by atoms with Gasteiger partial charge in [0.1, 0.15) is 11.4 Å². The number of hydrogen-bond donors (Lipinski definition) is 0. The molecule has 1 aliphatic heterocycles. The Kier molecular flexibility index (Phi) is 5.17. The fraction of sp³-hybridized carbons (Fsp3) is 0.667. The van der Waals surface area contributed by atoms with Crippen molar-refractivity contribution in [2.24, 2.45) is 0 Å². The monoisotopic (exact) mass is 319 g/mol. The topological polar surface area (TPSA) is 45.7 Å². The smallest absolute Gasteiger partial charge is 0.410 e. The first-order chi connectivity index (χ1) is 10.7. The first-order valence-electron chi connectivity index (χ1n) is 8.32. The number of pyridine rings is 1. The van der Waals surface area contributed by atoms with Crippen molar-refractivity contribution in [3.8, 4) is 0 Å². The molecule has 1 aliphatic rings. The molecule has 1 aromatic rings. The quantitative estimate of drug-likeness (QED) is 0.829. The summed E-state index contributed by atoms with van der Waals surface area (Å²) in [4.78, 5) is 20.9. The fourth-order valence-electron chi connectivity index (χ4n) is 2.94. The number of carbonyl (C=O) groups is 1. The fourth-order valence-corrected chi connectivity index (χ4v) is 2.94. The van der Waals surface area contributed by atoms with E-state index < -0.39 is 5.60 Å². The molecule has 1 atom stereocenters. The van der Waals surface area contributed by atoms with E-state index in [1.54, 1.807) is 0 Å². The van der Waals surface area contributed by atoms with E-state index in [9.17, 15) is 4.79 Å². The molecule has 1 fully saturated rings. The molecule has 0 saturated carbocycles. The molecule has 0 radical (unpaired) electrons. The van der Waals surface area contributed by atoms with E-state index in [1.165, 1.54) is 5.56 Å². The number of aryl methyl sites for hydroxylation is 1. The molecule has 1 aromatic heterocycles. The lowest BCUT2D eigenvalue weighted by Crippen LogP contribution is -2.42. The van der Waals surface area contributed by atoms with Crippen molar-refractivity contribution < 1.29 is 9.53 Å². The van der Waals surface area contributed by atoms with Gasteiger partial charge in [-0.2, -0.15) is 0 Å². The molecule has 0 N–H and O–H groups in total. The molecule has 5 heteroatoms. The SMILES string of the molecule is Cc1cc(N(C)C)ncc1[C@H]1CCCCN1C(=O)OC(C)(C)C. The summed E-state index contributed by atoms with van der Waals surface area (Å²) in [6.07, 6.45) is 4.80. The van der Waals surface area contributed by atoms with Crippen LogP contribution in [0.15, 0.2) is 12.3 Å². The van der Waals surface area contributed by atoms with Gasteiger partial charge >= 0.3 is 6.09 Å². The summed E-state index contributed by atoms with van der Waals surface area (Å²) in [6, 6.07) is 2.14. The highest BCUT2D eigenvalue weighted by Gasteiger charge is 2.32. The summed E-state index contributed by atoms with van der Waals surface area (Å²) in [5.74, 6) is 0.936. The number of likely N-dealkylation sites (tertiary alicyclic amines) is 1. The maximum Gasteiger partial charge on any atom is 0.410 e. The Morgan fingerprint density at radius 2 is 2.04 bits per heavy atom. The number of carbonyl (C=O) groups excluding carboxylic acids is 1. The van der Waals surface area contributed by atoms with Crippen molar-refractivity contribution in [3.05, 3.63) is 23.4 Å². The Balaban J connectivity index is 2.26. The van der Waals surface area contributed by atoms with E-state index in [4.69, 9.17) is 4.74 Å². The molecular weight excluding hydrogens is 290 g/mol. The van der Waals surface area contributed by atoms with Gasteiger partial charge in [0.05, 0.1) is 6.04 Å². The largest absolute Gasteiger partial charge is 0.444 e. The lowest BCUT2D eigenvalue weighted by molar-refractivity contribution is 0.00942. The van der Waals surface area contributed by atoms with Crippen molar-refractivity contribution in [3.63, 3.8) is 0 Å². The highest BCUT2D eigenvalue weighted by Crippen LogP contribution is 2.34. The molecule has 1 saturated heterocycles. The molecule has 0 bridgehead atoms. The molecular formula is C18H29N3O2. The molecule has 5 nitrogen and oxygen atoms in total. The van der Waals surface area contributed by atoms with Crippen molar-refractivity contribution in [2.75, 3.05) is 25.5 Å². The number of aromatic nitrogens is 1. The third-order valence-corrected chi connectivity index (χ3v) is 4.08. The van der Waals surface area contributed by atoms with E-state index >= 15 is 0 Å². The minimum absolute atomic E-state index is 0.0577. The van der Waals surface area contributed by atoms with Crippen molar-refractivity contribution in [2.45, 2.75) is 58.6 Å². The Morgan fingerprint density at radius 1 is 1.35 bits per heavy atom. The van der Waals surface area contributed by atoms with Gasteiger partial charge in [-0.1, -0.05) is 0 Å². The first-order valence-corrected chi connectivity index (χ1v) is 8.32. The van der Waals surface area contributed by atoms with Gasteiger partial charge in [0.2, 0.25) is 0 Å². The minimum Gasteiger partial charge on any atom is -0.444 e. The van der Waals surface area contributed by atoms with Gasteiger partial charge in [-0.3, -0.25) is 0 Å². The van der Waals surface area contributed by atoms with E-state index in [0.29, 0.717) is 0 Å². The van der Waals surface area contributed by atoms with Crippen LogP contribution in [0.4, 0.5) is 10.6 Å². The van der Waals surface area contributed by atoms with Gasteiger partial charge in [0, 0.05) is 26.8 Å². The Labute approximate surface area is 139 Å². The Morgan fingerprint density at radius 3 is 2.61 bits per heavy atom. The number of piperidine rings is 1. The van der Waals surface area contributed by atoms with Crippen LogP contribution in [-0.4, -0.2) is 42.2 Å². The molecule has 0 spiro atoms. The number of anilines is 1. The second-order valence-electron chi connectivity index (χ2n) is 7.48. The van der Waals surface area contributed by atoms with Crippen LogP contribution in [0.3, 0.4) is 0 Å². The van der Waals surface area contributed by atoms with Crippen molar-refractivity contribution in [1.82, 2.24) is 9.88 Å². The van der Waals surface area contributed by atoms with Crippen LogP contribution in [0, 0.1) is 6.92 Å². The molecule has 0 unspecified atom stereocenters. The van der Waals surface area contributed by atoms with Crippen LogP contribution in [0.25, 0.3) is 0 Å². The summed E-state index contributed by atoms with van der Waals surface area (Å²) in [7, 11) is 3.96. The second kappa shape index (κ2) is 6.77. The summed E-state index contributed by atoms with van der Waals surface area (Å²) < 4.78 is 5.59. The molecule has 1 amide bonds. The maximum atomic E-state index is 12.6. The molecule has 2 heterocycles. The van der Waals surface area contributed by atoms with Crippen LogP contribution in [0.5, 0.6) is 0 Å².